The highest BCUT2D eigenvalue weighted by Gasteiger charge is 2.30. The highest BCUT2D eigenvalue weighted by molar-refractivity contribution is 6.68. The highest BCUT2D eigenvalue weighted by atomic mass is 35.6. The first-order valence-corrected chi connectivity index (χ1v) is 3.99. The molecule has 0 fully saturated rings. The average molecular weight is 231 g/mol. The van der Waals surface area contributed by atoms with Crippen molar-refractivity contribution in [2.24, 2.45) is 0 Å². The summed E-state index contributed by atoms with van der Waals surface area (Å²) >= 11 is 16.1. The minimum absolute atomic E-state index is 1.27. The fraction of sp³-hybridized carbons (Fsp3) is 0.500. The Bertz CT molecular complexity index is 233. The van der Waals surface area contributed by atoms with Crippen molar-refractivity contribution in [2.45, 2.75) is 10.0 Å². The molecule has 0 aliphatic rings. The van der Waals surface area contributed by atoms with Crippen LogP contribution in [0.4, 0.5) is 0 Å². The fourth-order valence-corrected chi connectivity index (χ4v) is 0.628. The van der Waals surface area contributed by atoms with Gasteiger partial charge in [0.25, 0.3) is 0 Å². The first kappa shape index (κ1) is 9.85. The Morgan fingerprint density at radius 1 is 1.33 bits per heavy atom. The van der Waals surface area contributed by atoms with Crippen LogP contribution < -0.4 is 5.43 Å². The van der Waals surface area contributed by atoms with Crippen molar-refractivity contribution in [2.75, 3.05) is 5.43 Å². The molecule has 12 heavy (non-hydrogen) atoms. The van der Waals surface area contributed by atoms with Crippen molar-refractivity contribution < 1.29 is 5.11 Å². The number of nitrogens with zero attached hydrogens (tertiary/aromatic N) is 3. The number of alkyl halides is 3. The van der Waals surface area contributed by atoms with Gasteiger partial charge in [0.1, 0.15) is 12.7 Å². The summed E-state index contributed by atoms with van der Waals surface area (Å²) in [4.78, 5) is 0. The van der Waals surface area contributed by atoms with E-state index in [1.165, 1.54) is 17.3 Å². The molecule has 0 aromatic carbocycles. The van der Waals surface area contributed by atoms with Crippen molar-refractivity contribution >= 4 is 34.8 Å². The van der Waals surface area contributed by atoms with Crippen LogP contribution in [0.1, 0.15) is 0 Å². The normalized spacial score (nSPS) is 14.3. The van der Waals surface area contributed by atoms with Gasteiger partial charge < -0.3 is 5.11 Å². The van der Waals surface area contributed by atoms with E-state index in [9.17, 15) is 5.11 Å². The van der Waals surface area contributed by atoms with Crippen LogP contribution in [-0.2, 0) is 0 Å². The monoisotopic (exact) mass is 230 g/mol. The number of hydrogen-bond acceptors (Lipinski definition) is 4. The van der Waals surface area contributed by atoms with E-state index in [0.29, 0.717) is 0 Å². The van der Waals surface area contributed by atoms with E-state index in [0.717, 1.165) is 0 Å². The molecule has 0 saturated carbocycles. The topological polar surface area (TPSA) is 63.0 Å². The van der Waals surface area contributed by atoms with Gasteiger partial charge in [0, 0.05) is 0 Å². The van der Waals surface area contributed by atoms with E-state index in [2.05, 4.69) is 15.6 Å². The van der Waals surface area contributed by atoms with Crippen LogP contribution in [0.3, 0.4) is 0 Å². The third-order valence-electron chi connectivity index (χ3n) is 1.00. The fourth-order valence-electron chi connectivity index (χ4n) is 0.482. The first-order valence-electron chi connectivity index (χ1n) is 2.86. The van der Waals surface area contributed by atoms with Gasteiger partial charge in [-0.2, -0.15) is 0 Å². The second-order valence-electron chi connectivity index (χ2n) is 1.94. The summed E-state index contributed by atoms with van der Waals surface area (Å²) in [6, 6.07) is 0. The second kappa shape index (κ2) is 3.66. The molecule has 0 amide bonds. The molecule has 1 atom stereocenters. The maximum atomic E-state index is 9.17. The zero-order valence-electron chi connectivity index (χ0n) is 5.65. The largest absolute Gasteiger partial charge is 0.369 e. The summed E-state index contributed by atoms with van der Waals surface area (Å²) in [7, 11) is 0. The van der Waals surface area contributed by atoms with Gasteiger partial charge in [-0.25, -0.2) is 4.68 Å². The number of hydrogen-bond donors (Lipinski definition) is 2. The number of aliphatic hydroxyl groups is 1. The van der Waals surface area contributed by atoms with Crippen LogP contribution in [0.2, 0.25) is 0 Å². The van der Waals surface area contributed by atoms with Gasteiger partial charge in [0.2, 0.25) is 3.79 Å². The number of rotatable bonds is 2. The van der Waals surface area contributed by atoms with Crippen LogP contribution in [0.5, 0.6) is 0 Å². The van der Waals surface area contributed by atoms with Gasteiger partial charge in [-0.05, 0) is 0 Å². The Kier molecular flexibility index (Phi) is 3.00. The quantitative estimate of drug-likeness (QED) is 0.575. The van der Waals surface area contributed by atoms with Crippen molar-refractivity contribution in [3.8, 4) is 0 Å². The lowest BCUT2D eigenvalue weighted by Gasteiger charge is -2.20. The van der Waals surface area contributed by atoms with Crippen LogP contribution in [0.15, 0.2) is 12.7 Å². The van der Waals surface area contributed by atoms with E-state index >= 15 is 0 Å². The van der Waals surface area contributed by atoms with E-state index in [4.69, 9.17) is 34.8 Å². The maximum Gasteiger partial charge on any atom is 0.235 e. The first-order chi connectivity index (χ1) is 5.50. The van der Waals surface area contributed by atoms with E-state index in [1.54, 1.807) is 0 Å². The molecule has 1 heterocycles. The number of aromatic nitrogens is 3. The molecule has 0 bridgehead atoms. The molecule has 1 unspecified atom stereocenters. The standard InChI is InChI=1S/C4H5Cl3N4O/c5-4(6,7)3(12)10-11-1-8-9-2-11/h1-3,10,12H. The Balaban J connectivity index is 2.53. The van der Waals surface area contributed by atoms with Crippen LogP contribution in [-0.4, -0.2) is 30.0 Å². The Morgan fingerprint density at radius 3 is 2.25 bits per heavy atom. The van der Waals surface area contributed by atoms with Crippen molar-refractivity contribution in [1.82, 2.24) is 14.9 Å². The van der Waals surface area contributed by atoms with E-state index in [1.807, 2.05) is 0 Å². The Labute approximate surface area is 83.2 Å². The van der Waals surface area contributed by atoms with Gasteiger partial charge in [-0.3, -0.25) is 5.43 Å². The van der Waals surface area contributed by atoms with Crippen molar-refractivity contribution in [3.63, 3.8) is 0 Å². The third-order valence-corrected chi connectivity index (χ3v) is 1.62. The van der Waals surface area contributed by atoms with Gasteiger partial charge in [-0.1, -0.05) is 34.8 Å². The van der Waals surface area contributed by atoms with Gasteiger partial charge in [0.05, 0.1) is 0 Å². The number of aliphatic hydroxyl groups excluding tert-OH is 1. The van der Waals surface area contributed by atoms with Gasteiger partial charge in [-0.15, -0.1) is 10.2 Å². The molecule has 2 N–H and O–H groups in total. The average Bonchev–Trinajstić information content (AvgIpc) is 2.37. The summed E-state index contributed by atoms with van der Waals surface area (Å²) < 4.78 is -0.517. The molecule has 0 radical (unpaired) electrons. The minimum atomic E-state index is -1.79. The van der Waals surface area contributed by atoms with Crippen LogP contribution in [0.25, 0.3) is 0 Å². The van der Waals surface area contributed by atoms with Crippen molar-refractivity contribution in [3.05, 3.63) is 12.7 Å². The van der Waals surface area contributed by atoms with Crippen LogP contribution >= 0.6 is 34.8 Å². The maximum absolute atomic E-state index is 9.17. The molecule has 1 aromatic rings. The second-order valence-corrected chi connectivity index (χ2v) is 4.31. The summed E-state index contributed by atoms with van der Waals surface area (Å²) in [6.07, 6.45) is 1.32. The molecule has 5 nitrogen and oxygen atoms in total. The minimum Gasteiger partial charge on any atom is -0.369 e. The lowest BCUT2D eigenvalue weighted by molar-refractivity contribution is 0.192. The summed E-state index contributed by atoms with van der Waals surface area (Å²) in [5, 5.41) is 16.1. The number of nitrogens with one attached hydrogen (secondary N) is 1. The van der Waals surface area contributed by atoms with Gasteiger partial charge >= 0.3 is 0 Å². The molecule has 0 aliphatic heterocycles. The third kappa shape index (κ3) is 2.67. The zero-order valence-corrected chi connectivity index (χ0v) is 7.92. The lowest BCUT2D eigenvalue weighted by atomic mass is 10.7. The van der Waals surface area contributed by atoms with E-state index < -0.39 is 10.0 Å². The van der Waals surface area contributed by atoms with Crippen molar-refractivity contribution in [1.29, 1.82) is 0 Å². The lowest BCUT2D eigenvalue weighted by Crippen LogP contribution is -2.37. The Morgan fingerprint density at radius 2 is 1.83 bits per heavy atom. The molecule has 0 spiro atoms. The molecular weight excluding hydrogens is 226 g/mol. The predicted octanol–water partition coefficient (Wildman–Crippen LogP) is 0.510. The number of halogens is 3. The van der Waals surface area contributed by atoms with Gasteiger partial charge in [0.15, 0.2) is 6.23 Å². The van der Waals surface area contributed by atoms with Crippen LogP contribution in [0, 0.1) is 0 Å². The summed E-state index contributed by atoms with van der Waals surface area (Å²) in [5.74, 6) is 0. The highest BCUT2D eigenvalue weighted by Crippen LogP contribution is 2.29. The van der Waals surface area contributed by atoms with E-state index in [-0.39, 0.29) is 0 Å². The molecule has 1 aromatic heterocycles. The molecule has 68 valence electrons. The molecule has 1 rings (SSSR count). The summed E-state index contributed by atoms with van der Waals surface area (Å²) in [5.41, 5.74) is 2.41. The SMILES string of the molecule is OC(Nn1cnnc1)C(Cl)(Cl)Cl. The molecule has 0 saturated heterocycles. The predicted molar refractivity (Wildman–Crippen MR) is 45.7 cm³/mol. The zero-order chi connectivity index (χ0) is 9.19. The molecule has 8 heteroatoms. The molecule has 0 aliphatic carbocycles. The smallest absolute Gasteiger partial charge is 0.235 e. The Hall–Kier alpha value is -0.230. The molecular formula is C4H5Cl3N4O. The summed E-state index contributed by atoms with van der Waals surface area (Å²) in [6.45, 7) is 0.